The van der Waals surface area contributed by atoms with Crippen LogP contribution in [0.15, 0.2) is 30.6 Å². The molecule has 2 aromatic heterocycles. The lowest BCUT2D eigenvalue weighted by molar-refractivity contribution is 0.149. The molecule has 2 heterocycles. The second kappa shape index (κ2) is 5.45. The molecule has 0 aliphatic rings. The molecule has 0 N–H and O–H groups in total. The van der Waals surface area contributed by atoms with Crippen LogP contribution in [0.1, 0.15) is 27.7 Å². The van der Waals surface area contributed by atoms with E-state index in [4.69, 9.17) is 9.05 Å². The van der Waals surface area contributed by atoms with Crippen LogP contribution in [0.4, 0.5) is 0 Å². The zero-order chi connectivity index (χ0) is 14.0. The standard InChI is InChI=1S/C13H19N2O3P/c1-10(2)17-19(16,18-11(3)4)13-7-5-6-12-14-8-9-15(12)13/h5-11H,1-4H3. The van der Waals surface area contributed by atoms with Crippen molar-refractivity contribution < 1.29 is 13.6 Å². The third-order valence-electron chi connectivity index (χ3n) is 2.39. The van der Waals surface area contributed by atoms with Gasteiger partial charge in [-0.1, -0.05) is 6.07 Å². The molecule has 5 nitrogen and oxygen atoms in total. The van der Waals surface area contributed by atoms with Crippen molar-refractivity contribution in [2.24, 2.45) is 0 Å². The molecule has 2 aromatic rings. The van der Waals surface area contributed by atoms with Gasteiger partial charge in [-0.15, -0.1) is 0 Å². The molecule has 0 radical (unpaired) electrons. The van der Waals surface area contributed by atoms with Crippen LogP contribution in [0.25, 0.3) is 5.65 Å². The number of nitrogens with zero attached hydrogens (tertiary/aromatic N) is 2. The van der Waals surface area contributed by atoms with E-state index in [0.717, 1.165) is 5.65 Å². The molecular weight excluding hydrogens is 263 g/mol. The maximum absolute atomic E-state index is 13.1. The van der Waals surface area contributed by atoms with E-state index >= 15 is 0 Å². The summed E-state index contributed by atoms with van der Waals surface area (Å²) in [6.07, 6.45) is 3.03. The molecule has 0 saturated carbocycles. The summed E-state index contributed by atoms with van der Waals surface area (Å²) in [5.41, 5.74) is 1.22. The van der Waals surface area contributed by atoms with E-state index in [9.17, 15) is 4.57 Å². The summed E-state index contributed by atoms with van der Waals surface area (Å²) < 4.78 is 26.0. The van der Waals surface area contributed by atoms with Crippen LogP contribution in [-0.4, -0.2) is 21.6 Å². The Balaban J connectivity index is 2.54. The van der Waals surface area contributed by atoms with Crippen molar-refractivity contribution in [3.8, 4) is 0 Å². The molecule has 0 amide bonds. The van der Waals surface area contributed by atoms with Gasteiger partial charge in [0.1, 0.15) is 11.1 Å². The molecular formula is C13H19N2O3P. The molecule has 0 saturated heterocycles. The molecule has 0 aliphatic carbocycles. The lowest BCUT2D eigenvalue weighted by atomic mass is 10.5. The lowest BCUT2D eigenvalue weighted by Crippen LogP contribution is -2.21. The van der Waals surface area contributed by atoms with Gasteiger partial charge >= 0.3 is 7.60 Å². The van der Waals surface area contributed by atoms with Gasteiger partial charge < -0.3 is 9.05 Å². The van der Waals surface area contributed by atoms with Crippen molar-refractivity contribution in [1.29, 1.82) is 0 Å². The summed E-state index contributed by atoms with van der Waals surface area (Å²) in [5.74, 6) is 0. The SMILES string of the molecule is CC(C)OP(=O)(OC(C)C)c1cccc2nccn12. The van der Waals surface area contributed by atoms with Crippen LogP contribution >= 0.6 is 7.60 Å². The van der Waals surface area contributed by atoms with Gasteiger partial charge in [0, 0.05) is 12.4 Å². The Bertz CT molecular complexity index is 593. The van der Waals surface area contributed by atoms with E-state index in [-0.39, 0.29) is 12.2 Å². The Morgan fingerprint density at radius 2 is 1.79 bits per heavy atom. The van der Waals surface area contributed by atoms with Crippen LogP contribution in [0.5, 0.6) is 0 Å². The number of pyridine rings is 1. The summed E-state index contributed by atoms with van der Waals surface area (Å²) in [6, 6.07) is 5.40. The summed E-state index contributed by atoms with van der Waals surface area (Å²) in [6.45, 7) is 7.35. The lowest BCUT2D eigenvalue weighted by Gasteiger charge is -2.23. The topological polar surface area (TPSA) is 52.8 Å². The van der Waals surface area contributed by atoms with Crippen LogP contribution < -0.4 is 5.44 Å². The summed E-state index contributed by atoms with van der Waals surface area (Å²) >= 11 is 0. The van der Waals surface area contributed by atoms with Crippen molar-refractivity contribution in [2.45, 2.75) is 39.9 Å². The second-order valence-electron chi connectivity index (χ2n) is 4.85. The highest BCUT2D eigenvalue weighted by molar-refractivity contribution is 7.62. The zero-order valence-corrected chi connectivity index (χ0v) is 12.5. The number of hydrogen-bond acceptors (Lipinski definition) is 4. The average molecular weight is 282 g/mol. The van der Waals surface area contributed by atoms with Gasteiger partial charge in [-0.3, -0.25) is 8.97 Å². The first-order chi connectivity index (χ1) is 8.92. The van der Waals surface area contributed by atoms with Crippen molar-refractivity contribution in [2.75, 3.05) is 0 Å². The minimum absolute atomic E-state index is 0.191. The Kier molecular flexibility index (Phi) is 4.09. The number of hydrogen-bond donors (Lipinski definition) is 0. The van der Waals surface area contributed by atoms with Crippen LogP contribution in [0.2, 0.25) is 0 Å². The van der Waals surface area contributed by atoms with Gasteiger partial charge in [-0.05, 0) is 39.8 Å². The monoisotopic (exact) mass is 282 g/mol. The van der Waals surface area contributed by atoms with Crippen molar-refractivity contribution in [1.82, 2.24) is 9.38 Å². The largest absolute Gasteiger partial charge is 0.378 e. The Morgan fingerprint density at radius 3 is 2.37 bits per heavy atom. The first-order valence-corrected chi connectivity index (χ1v) is 7.86. The molecule has 0 spiro atoms. The fourth-order valence-corrected chi connectivity index (χ4v) is 3.92. The first kappa shape index (κ1) is 14.3. The molecule has 0 bridgehead atoms. The van der Waals surface area contributed by atoms with Crippen molar-refractivity contribution in [3.05, 3.63) is 30.6 Å². The maximum Gasteiger partial charge on any atom is 0.378 e. The van der Waals surface area contributed by atoms with E-state index in [1.807, 2.05) is 33.8 Å². The number of aromatic nitrogens is 2. The molecule has 6 heteroatoms. The second-order valence-corrected chi connectivity index (χ2v) is 6.72. The number of fused-ring (bicyclic) bond motifs is 1. The Labute approximate surface area is 113 Å². The average Bonchev–Trinajstić information content (AvgIpc) is 2.73. The quantitative estimate of drug-likeness (QED) is 0.791. The highest BCUT2D eigenvalue weighted by Crippen LogP contribution is 2.49. The summed E-state index contributed by atoms with van der Waals surface area (Å²) in [7, 11) is -3.37. The summed E-state index contributed by atoms with van der Waals surface area (Å²) in [5, 5.41) is 0. The van der Waals surface area contributed by atoms with Gasteiger partial charge in [0.05, 0.1) is 12.2 Å². The Morgan fingerprint density at radius 1 is 1.16 bits per heavy atom. The molecule has 0 aromatic carbocycles. The summed E-state index contributed by atoms with van der Waals surface area (Å²) in [4.78, 5) is 4.18. The Hall–Kier alpha value is -1.16. The van der Waals surface area contributed by atoms with E-state index in [1.165, 1.54) is 0 Å². The predicted molar refractivity (Wildman–Crippen MR) is 74.9 cm³/mol. The van der Waals surface area contributed by atoms with Crippen LogP contribution in [0, 0.1) is 0 Å². The molecule has 2 rings (SSSR count). The minimum Gasteiger partial charge on any atom is -0.301 e. The van der Waals surface area contributed by atoms with Gasteiger partial charge in [-0.25, -0.2) is 4.98 Å². The maximum atomic E-state index is 13.1. The molecule has 19 heavy (non-hydrogen) atoms. The van der Waals surface area contributed by atoms with E-state index < -0.39 is 7.60 Å². The smallest absolute Gasteiger partial charge is 0.301 e. The van der Waals surface area contributed by atoms with Crippen LogP contribution in [0.3, 0.4) is 0 Å². The van der Waals surface area contributed by atoms with E-state index in [0.29, 0.717) is 5.44 Å². The van der Waals surface area contributed by atoms with Gasteiger partial charge in [0.15, 0.2) is 0 Å². The van der Waals surface area contributed by atoms with Crippen molar-refractivity contribution >= 4 is 18.7 Å². The first-order valence-electron chi connectivity index (χ1n) is 6.32. The van der Waals surface area contributed by atoms with E-state index in [2.05, 4.69) is 4.98 Å². The molecule has 104 valence electrons. The highest BCUT2D eigenvalue weighted by Gasteiger charge is 2.32. The third kappa shape index (κ3) is 3.06. The predicted octanol–water partition coefficient (Wildman–Crippen LogP) is 3.00. The fraction of sp³-hybridized carbons (Fsp3) is 0.462. The number of rotatable bonds is 5. The third-order valence-corrected chi connectivity index (χ3v) is 4.71. The van der Waals surface area contributed by atoms with Gasteiger partial charge in [-0.2, -0.15) is 0 Å². The molecule has 0 unspecified atom stereocenters. The molecule has 0 atom stereocenters. The van der Waals surface area contributed by atoms with Gasteiger partial charge in [0.2, 0.25) is 0 Å². The number of imidazole rings is 1. The van der Waals surface area contributed by atoms with Crippen molar-refractivity contribution in [3.63, 3.8) is 0 Å². The zero-order valence-electron chi connectivity index (χ0n) is 11.6. The molecule has 0 fully saturated rings. The van der Waals surface area contributed by atoms with Crippen LogP contribution in [-0.2, 0) is 13.6 Å². The molecule has 0 aliphatic heterocycles. The minimum atomic E-state index is -3.37. The van der Waals surface area contributed by atoms with Gasteiger partial charge in [0.25, 0.3) is 0 Å². The highest BCUT2D eigenvalue weighted by atomic mass is 31.2. The normalized spacial score (nSPS) is 12.7. The fourth-order valence-electron chi connectivity index (χ4n) is 1.84. The van der Waals surface area contributed by atoms with E-state index in [1.54, 1.807) is 28.9 Å².